The van der Waals surface area contributed by atoms with Gasteiger partial charge in [-0.05, 0) is 43.5 Å². The van der Waals surface area contributed by atoms with Gasteiger partial charge in [-0.1, -0.05) is 19.1 Å². The van der Waals surface area contributed by atoms with Crippen LogP contribution in [0.5, 0.6) is 0 Å². The lowest BCUT2D eigenvalue weighted by atomic mass is 9.92. The van der Waals surface area contributed by atoms with Gasteiger partial charge < -0.3 is 10.1 Å². The van der Waals surface area contributed by atoms with E-state index in [-0.39, 0.29) is 6.04 Å². The summed E-state index contributed by atoms with van der Waals surface area (Å²) in [5, 5.41) is 3.50. The largest absolute Gasteiger partial charge is 0.416 e. The zero-order chi connectivity index (χ0) is 15.3. The lowest BCUT2D eigenvalue weighted by Gasteiger charge is -2.24. The Kier molecular flexibility index (Phi) is 5.65. The maximum atomic E-state index is 12.6. The number of rotatable bonds is 6. The summed E-state index contributed by atoms with van der Waals surface area (Å²) in [5.74, 6) is 0.443. The van der Waals surface area contributed by atoms with Gasteiger partial charge in [-0.3, -0.25) is 0 Å². The Labute approximate surface area is 123 Å². The average Bonchev–Trinajstić information content (AvgIpc) is 2.97. The maximum Gasteiger partial charge on any atom is 0.416 e. The summed E-state index contributed by atoms with van der Waals surface area (Å²) in [6.07, 6.45) is -1.47. The van der Waals surface area contributed by atoms with Crippen LogP contribution in [-0.4, -0.2) is 25.8 Å². The van der Waals surface area contributed by atoms with Crippen LogP contribution in [0.3, 0.4) is 0 Å². The Balaban J connectivity index is 2.01. The van der Waals surface area contributed by atoms with E-state index in [0.717, 1.165) is 56.7 Å². The van der Waals surface area contributed by atoms with Crippen molar-refractivity contribution in [2.45, 2.75) is 38.4 Å². The van der Waals surface area contributed by atoms with Crippen LogP contribution in [0.2, 0.25) is 0 Å². The minimum Gasteiger partial charge on any atom is -0.381 e. The molecule has 0 aliphatic carbocycles. The first-order valence-electron chi connectivity index (χ1n) is 7.48. The average molecular weight is 301 g/mol. The summed E-state index contributed by atoms with van der Waals surface area (Å²) in [6.45, 7) is 4.54. The van der Waals surface area contributed by atoms with E-state index in [4.69, 9.17) is 4.74 Å². The van der Waals surface area contributed by atoms with Crippen molar-refractivity contribution >= 4 is 0 Å². The van der Waals surface area contributed by atoms with Crippen LogP contribution in [0, 0.1) is 5.92 Å². The number of halogens is 3. The topological polar surface area (TPSA) is 21.3 Å². The molecule has 0 radical (unpaired) electrons. The van der Waals surface area contributed by atoms with Crippen molar-refractivity contribution in [3.8, 4) is 0 Å². The number of benzene rings is 1. The molecule has 118 valence electrons. The molecule has 1 N–H and O–H groups in total. The molecule has 2 unspecified atom stereocenters. The fraction of sp³-hybridized carbons (Fsp3) is 0.625. The highest BCUT2D eigenvalue weighted by atomic mass is 19.4. The Morgan fingerprint density at radius 3 is 2.52 bits per heavy atom. The van der Waals surface area contributed by atoms with Crippen molar-refractivity contribution in [1.29, 1.82) is 0 Å². The summed E-state index contributed by atoms with van der Waals surface area (Å²) in [4.78, 5) is 0. The third kappa shape index (κ3) is 4.71. The van der Waals surface area contributed by atoms with Crippen molar-refractivity contribution in [2.24, 2.45) is 5.92 Å². The molecule has 1 aromatic rings. The highest BCUT2D eigenvalue weighted by Gasteiger charge is 2.30. The van der Waals surface area contributed by atoms with Crippen molar-refractivity contribution in [1.82, 2.24) is 5.32 Å². The Morgan fingerprint density at radius 1 is 1.29 bits per heavy atom. The van der Waals surface area contributed by atoms with Crippen molar-refractivity contribution in [2.75, 3.05) is 19.8 Å². The quantitative estimate of drug-likeness (QED) is 0.866. The molecule has 21 heavy (non-hydrogen) atoms. The molecule has 0 spiro atoms. The van der Waals surface area contributed by atoms with Crippen molar-refractivity contribution in [3.63, 3.8) is 0 Å². The smallest absolute Gasteiger partial charge is 0.381 e. The minimum atomic E-state index is -4.27. The molecule has 2 rings (SSSR count). The van der Waals surface area contributed by atoms with E-state index in [1.165, 1.54) is 0 Å². The molecule has 0 aromatic heterocycles. The fourth-order valence-corrected chi connectivity index (χ4v) is 2.69. The van der Waals surface area contributed by atoms with Gasteiger partial charge in [-0.15, -0.1) is 0 Å². The van der Waals surface area contributed by atoms with E-state index in [9.17, 15) is 13.2 Å². The molecule has 1 heterocycles. The normalized spacial score (nSPS) is 20.7. The van der Waals surface area contributed by atoms with E-state index in [0.29, 0.717) is 5.92 Å². The second-order valence-corrected chi connectivity index (χ2v) is 5.58. The first-order valence-corrected chi connectivity index (χ1v) is 7.48. The molecular formula is C16H22F3NO. The molecule has 1 saturated heterocycles. The van der Waals surface area contributed by atoms with E-state index in [2.05, 4.69) is 12.2 Å². The number of hydrogen-bond donors (Lipinski definition) is 1. The second kappa shape index (κ2) is 7.27. The predicted octanol–water partition coefficient (Wildman–Crippen LogP) is 3.65. The van der Waals surface area contributed by atoms with E-state index < -0.39 is 11.7 Å². The summed E-state index contributed by atoms with van der Waals surface area (Å²) in [7, 11) is 0. The Morgan fingerprint density at radius 2 is 2.00 bits per heavy atom. The van der Waals surface area contributed by atoms with E-state index in [1.807, 2.05) is 0 Å². The molecule has 1 aromatic carbocycles. The van der Waals surface area contributed by atoms with Crippen LogP contribution in [0.4, 0.5) is 13.2 Å². The van der Waals surface area contributed by atoms with Gasteiger partial charge in [-0.25, -0.2) is 0 Å². The first-order chi connectivity index (χ1) is 10.0. The third-order valence-electron chi connectivity index (χ3n) is 3.93. The summed E-state index contributed by atoms with van der Waals surface area (Å²) >= 11 is 0. The minimum absolute atomic E-state index is 0.268. The Bertz CT molecular complexity index is 424. The van der Waals surface area contributed by atoms with Gasteiger partial charge in [0.1, 0.15) is 0 Å². The first kappa shape index (κ1) is 16.3. The second-order valence-electron chi connectivity index (χ2n) is 5.58. The molecule has 5 heteroatoms. The van der Waals surface area contributed by atoms with Gasteiger partial charge in [0, 0.05) is 18.6 Å². The zero-order valence-corrected chi connectivity index (χ0v) is 12.2. The number of alkyl halides is 3. The summed E-state index contributed by atoms with van der Waals surface area (Å²) in [5.41, 5.74) is 0.344. The van der Waals surface area contributed by atoms with Crippen LogP contribution in [0.1, 0.15) is 30.9 Å². The van der Waals surface area contributed by atoms with Gasteiger partial charge >= 0.3 is 6.18 Å². The van der Waals surface area contributed by atoms with Gasteiger partial charge in [0.2, 0.25) is 0 Å². The molecule has 1 aliphatic heterocycles. The summed E-state index contributed by atoms with van der Waals surface area (Å²) < 4.78 is 43.1. The SMILES string of the molecule is CCCNC(Cc1ccc(C(F)(F)F)cc1)C1CCOC1. The van der Waals surface area contributed by atoms with Crippen LogP contribution >= 0.6 is 0 Å². The number of ether oxygens (including phenoxy) is 1. The zero-order valence-electron chi connectivity index (χ0n) is 12.2. The fourth-order valence-electron chi connectivity index (χ4n) is 2.69. The number of nitrogens with one attached hydrogen (secondary N) is 1. The monoisotopic (exact) mass is 301 g/mol. The van der Waals surface area contributed by atoms with Crippen molar-refractivity contribution in [3.05, 3.63) is 35.4 Å². The van der Waals surface area contributed by atoms with Crippen LogP contribution in [-0.2, 0) is 17.3 Å². The predicted molar refractivity (Wildman–Crippen MR) is 76.2 cm³/mol. The Hall–Kier alpha value is -1.07. The van der Waals surface area contributed by atoms with Gasteiger partial charge in [0.25, 0.3) is 0 Å². The van der Waals surface area contributed by atoms with Gasteiger partial charge in [-0.2, -0.15) is 13.2 Å². The highest BCUT2D eigenvalue weighted by Crippen LogP contribution is 2.29. The molecule has 0 saturated carbocycles. The maximum absolute atomic E-state index is 12.6. The molecule has 2 atom stereocenters. The molecule has 0 amide bonds. The lowest BCUT2D eigenvalue weighted by Crippen LogP contribution is -2.38. The van der Waals surface area contributed by atoms with Crippen molar-refractivity contribution < 1.29 is 17.9 Å². The third-order valence-corrected chi connectivity index (χ3v) is 3.93. The summed E-state index contributed by atoms with van der Waals surface area (Å²) in [6, 6.07) is 5.76. The molecule has 2 nitrogen and oxygen atoms in total. The van der Waals surface area contributed by atoms with Gasteiger partial charge in [0.15, 0.2) is 0 Å². The van der Waals surface area contributed by atoms with Crippen LogP contribution < -0.4 is 5.32 Å². The molecular weight excluding hydrogens is 279 g/mol. The standard InChI is InChI=1S/C16H22F3NO/c1-2-8-20-15(13-7-9-21-11-13)10-12-3-5-14(6-4-12)16(17,18)19/h3-6,13,15,20H,2,7-11H2,1H3. The van der Waals surface area contributed by atoms with E-state index >= 15 is 0 Å². The highest BCUT2D eigenvalue weighted by molar-refractivity contribution is 5.25. The van der Waals surface area contributed by atoms with Gasteiger partial charge in [0.05, 0.1) is 12.2 Å². The van der Waals surface area contributed by atoms with Crippen LogP contribution in [0.25, 0.3) is 0 Å². The molecule has 1 fully saturated rings. The van der Waals surface area contributed by atoms with E-state index in [1.54, 1.807) is 12.1 Å². The molecule has 1 aliphatic rings. The van der Waals surface area contributed by atoms with Crippen LogP contribution in [0.15, 0.2) is 24.3 Å². The molecule has 0 bridgehead atoms. The lowest BCUT2D eigenvalue weighted by molar-refractivity contribution is -0.137. The number of hydrogen-bond acceptors (Lipinski definition) is 2.